The summed E-state index contributed by atoms with van der Waals surface area (Å²) >= 11 is 0. The standard InChI is InChI=1S/C31H46N4O8/c1-21(2)28(33-26(37)19-34-14-16-41-17-15-34)30(40)35-13-9-12-24(35)29(39)32-23(18-27(38)43-31(3,4)5)25(36)20-42-22-10-7-6-8-11-22/h6-8,10-11,21,23-24,28H,9,12-20H2,1-5H3,(H,32,39)(H,33,37)/t23-,24-,28-/m0/s1. The van der Waals surface area contributed by atoms with E-state index in [1.54, 1.807) is 45.0 Å². The van der Waals surface area contributed by atoms with Gasteiger partial charge in [-0.1, -0.05) is 32.0 Å². The molecule has 0 radical (unpaired) electrons. The van der Waals surface area contributed by atoms with Crippen molar-refractivity contribution in [1.82, 2.24) is 20.4 Å². The molecule has 3 rings (SSSR count). The number of rotatable bonds is 13. The molecule has 3 atom stereocenters. The molecule has 3 amide bonds. The van der Waals surface area contributed by atoms with E-state index in [0.717, 1.165) is 0 Å². The van der Waals surface area contributed by atoms with E-state index in [-0.39, 0.29) is 37.3 Å². The van der Waals surface area contributed by atoms with Crippen LogP contribution in [0.5, 0.6) is 5.75 Å². The Bertz CT molecular complexity index is 1110. The van der Waals surface area contributed by atoms with Crippen molar-refractivity contribution in [1.29, 1.82) is 0 Å². The molecule has 0 spiro atoms. The quantitative estimate of drug-likeness (QED) is 0.320. The lowest BCUT2D eigenvalue weighted by molar-refractivity contribution is -0.156. The van der Waals surface area contributed by atoms with Crippen molar-refractivity contribution < 1.29 is 38.2 Å². The number of hydrogen-bond acceptors (Lipinski definition) is 9. The van der Waals surface area contributed by atoms with Gasteiger partial charge in [0.1, 0.15) is 36.1 Å². The van der Waals surface area contributed by atoms with Gasteiger partial charge in [0.2, 0.25) is 17.7 Å². The first-order chi connectivity index (χ1) is 20.3. The molecule has 12 nitrogen and oxygen atoms in total. The number of nitrogens with zero attached hydrogens (tertiary/aromatic N) is 2. The van der Waals surface area contributed by atoms with E-state index in [0.29, 0.717) is 51.4 Å². The summed E-state index contributed by atoms with van der Waals surface area (Å²) in [7, 11) is 0. The Morgan fingerprint density at radius 3 is 2.30 bits per heavy atom. The predicted molar refractivity (Wildman–Crippen MR) is 158 cm³/mol. The van der Waals surface area contributed by atoms with Gasteiger partial charge < -0.3 is 29.7 Å². The number of esters is 1. The molecule has 2 aliphatic heterocycles. The zero-order valence-electron chi connectivity index (χ0n) is 25.9. The third-order valence-corrected chi connectivity index (χ3v) is 7.18. The van der Waals surface area contributed by atoms with Gasteiger partial charge >= 0.3 is 5.97 Å². The number of carbonyl (C=O) groups excluding carboxylic acids is 5. The van der Waals surface area contributed by atoms with Crippen LogP contribution in [-0.4, -0.2) is 109 Å². The molecule has 1 aromatic rings. The van der Waals surface area contributed by atoms with Gasteiger partial charge in [-0.05, 0) is 51.7 Å². The summed E-state index contributed by atoms with van der Waals surface area (Å²) in [6.45, 7) is 11.3. The van der Waals surface area contributed by atoms with Crippen molar-refractivity contribution in [2.45, 2.75) is 77.6 Å². The maximum absolute atomic E-state index is 13.7. The highest BCUT2D eigenvalue weighted by atomic mass is 16.6. The van der Waals surface area contributed by atoms with E-state index in [1.807, 2.05) is 24.8 Å². The maximum atomic E-state index is 13.7. The van der Waals surface area contributed by atoms with E-state index >= 15 is 0 Å². The molecule has 2 fully saturated rings. The Hall–Kier alpha value is -3.51. The van der Waals surface area contributed by atoms with Crippen LogP contribution in [0, 0.1) is 5.92 Å². The third-order valence-electron chi connectivity index (χ3n) is 7.18. The molecule has 12 heteroatoms. The number of morpholine rings is 1. The number of hydrogen-bond donors (Lipinski definition) is 2. The zero-order chi connectivity index (χ0) is 31.6. The SMILES string of the molecule is CC(C)[C@H](NC(=O)CN1CCOCC1)C(=O)N1CCC[C@H]1C(=O)N[C@@H](CC(=O)OC(C)(C)C)C(=O)COc1ccccc1. The number of ketones is 1. The molecule has 238 valence electrons. The molecule has 0 unspecified atom stereocenters. The number of likely N-dealkylation sites (tertiary alicyclic amines) is 1. The fourth-order valence-corrected chi connectivity index (χ4v) is 5.01. The van der Waals surface area contributed by atoms with Crippen molar-refractivity contribution in [2.75, 3.05) is 46.0 Å². The highest BCUT2D eigenvalue weighted by molar-refractivity contribution is 5.97. The number of ether oxygens (including phenoxy) is 3. The van der Waals surface area contributed by atoms with E-state index in [4.69, 9.17) is 14.2 Å². The van der Waals surface area contributed by atoms with Gasteiger partial charge in [-0.25, -0.2) is 0 Å². The summed E-state index contributed by atoms with van der Waals surface area (Å²) in [4.78, 5) is 69.3. The second-order valence-corrected chi connectivity index (χ2v) is 12.3. The smallest absolute Gasteiger partial charge is 0.308 e. The lowest BCUT2D eigenvalue weighted by Crippen LogP contribution is -2.58. The maximum Gasteiger partial charge on any atom is 0.308 e. The first-order valence-electron chi connectivity index (χ1n) is 15.0. The van der Waals surface area contributed by atoms with Gasteiger partial charge in [-0.2, -0.15) is 0 Å². The second kappa shape index (κ2) is 15.8. The van der Waals surface area contributed by atoms with Crippen LogP contribution in [0.15, 0.2) is 30.3 Å². The average Bonchev–Trinajstić information content (AvgIpc) is 3.44. The number of carbonyl (C=O) groups is 5. The Morgan fingerprint density at radius 1 is 1.00 bits per heavy atom. The van der Waals surface area contributed by atoms with Gasteiger partial charge in [-0.15, -0.1) is 0 Å². The van der Waals surface area contributed by atoms with Gasteiger partial charge in [0.05, 0.1) is 26.2 Å². The van der Waals surface area contributed by atoms with Gasteiger partial charge in [0.15, 0.2) is 5.78 Å². The van der Waals surface area contributed by atoms with Crippen LogP contribution in [0.3, 0.4) is 0 Å². The van der Waals surface area contributed by atoms with E-state index in [9.17, 15) is 24.0 Å². The van der Waals surface area contributed by atoms with E-state index in [2.05, 4.69) is 10.6 Å². The van der Waals surface area contributed by atoms with Gasteiger partial charge in [0, 0.05) is 19.6 Å². The number of benzene rings is 1. The highest BCUT2D eigenvalue weighted by Gasteiger charge is 2.40. The van der Waals surface area contributed by atoms with Gasteiger partial charge in [0.25, 0.3) is 0 Å². The van der Waals surface area contributed by atoms with E-state index < -0.39 is 41.4 Å². The molecule has 2 aliphatic rings. The molecule has 0 aliphatic carbocycles. The third kappa shape index (κ3) is 10.9. The molecule has 2 saturated heterocycles. The topological polar surface area (TPSA) is 144 Å². The molecule has 0 saturated carbocycles. The van der Waals surface area contributed by atoms with Crippen molar-refractivity contribution >= 4 is 29.5 Å². The Kier molecular flexibility index (Phi) is 12.5. The molecular weight excluding hydrogens is 556 g/mol. The number of Topliss-reactive ketones (excluding diaryl/α,β-unsaturated/α-hetero) is 1. The molecule has 43 heavy (non-hydrogen) atoms. The summed E-state index contributed by atoms with van der Waals surface area (Å²) in [5, 5.41) is 5.55. The Morgan fingerprint density at radius 2 is 1.67 bits per heavy atom. The van der Waals surface area contributed by atoms with Crippen molar-refractivity contribution in [2.24, 2.45) is 5.92 Å². The summed E-state index contributed by atoms with van der Waals surface area (Å²) in [5.41, 5.74) is -0.776. The molecule has 0 bridgehead atoms. The molecule has 0 aromatic heterocycles. The fraction of sp³-hybridized carbons (Fsp3) is 0.645. The minimum absolute atomic E-state index is 0.156. The summed E-state index contributed by atoms with van der Waals surface area (Å²) in [6.07, 6.45) is 0.586. The largest absolute Gasteiger partial charge is 0.486 e. The van der Waals surface area contributed by atoms with Crippen LogP contribution >= 0.6 is 0 Å². The number of nitrogens with one attached hydrogen (secondary N) is 2. The minimum atomic E-state index is -1.21. The first kappa shape index (κ1) is 34.0. The predicted octanol–water partition coefficient (Wildman–Crippen LogP) is 1.32. The fourth-order valence-electron chi connectivity index (χ4n) is 5.01. The summed E-state index contributed by atoms with van der Waals surface area (Å²) in [6, 6.07) is 5.85. The van der Waals surface area contributed by atoms with E-state index in [1.165, 1.54) is 4.90 Å². The number of amides is 3. The number of para-hydroxylation sites is 1. The first-order valence-corrected chi connectivity index (χ1v) is 15.0. The lowest BCUT2D eigenvalue weighted by Gasteiger charge is -2.32. The van der Waals surface area contributed by atoms with Gasteiger partial charge in [-0.3, -0.25) is 28.9 Å². The van der Waals surface area contributed by atoms with Crippen LogP contribution < -0.4 is 15.4 Å². The van der Waals surface area contributed by atoms with Crippen molar-refractivity contribution in [3.63, 3.8) is 0 Å². The Labute approximate surface area is 253 Å². The molecular formula is C31H46N4O8. The van der Waals surface area contributed by atoms with Crippen LogP contribution in [0.4, 0.5) is 0 Å². The second-order valence-electron chi connectivity index (χ2n) is 12.3. The molecule has 2 N–H and O–H groups in total. The Balaban J connectivity index is 1.68. The summed E-state index contributed by atoms with van der Waals surface area (Å²) < 4.78 is 16.3. The normalized spacial score (nSPS) is 18.9. The zero-order valence-corrected chi connectivity index (χ0v) is 25.9. The van der Waals surface area contributed by atoms with Crippen molar-refractivity contribution in [3.8, 4) is 5.75 Å². The highest BCUT2D eigenvalue weighted by Crippen LogP contribution is 2.21. The summed E-state index contributed by atoms with van der Waals surface area (Å²) in [5.74, 6) is -2.07. The average molecular weight is 603 g/mol. The molecule has 1 aromatic carbocycles. The lowest BCUT2D eigenvalue weighted by atomic mass is 10.0. The molecule has 2 heterocycles. The van der Waals surface area contributed by atoms with Crippen molar-refractivity contribution in [3.05, 3.63) is 30.3 Å². The van der Waals surface area contributed by atoms with Crippen LogP contribution in [0.1, 0.15) is 53.9 Å². The van der Waals surface area contributed by atoms with Crippen LogP contribution in [0.25, 0.3) is 0 Å². The van der Waals surface area contributed by atoms with Crippen LogP contribution in [0.2, 0.25) is 0 Å². The minimum Gasteiger partial charge on any atom is -0.486 e. The monoisotopic (exact) mass is 602 g/mol. The van der Waals surface area contributed by atoms with Crippen LogP contribution in [-0.2, 0) is 33.4 Å².